The molecule has 3 aliphatic carbocycles. The van der Waals surface area contributed by atoms with E-state index in [0.717, 1.165) is 18.8 Å². The lowest BCUT2D eigenvalue weighted by atomic mass is 9.65. The number of hydrogen-bond acceptors (Lipinski definition) is 3. The van der Waals surface area contributed by atoms with Crippen molar-refractivity contribution >= 4 is 0 Å². The summed E-state index contributed by atoms with van der Waals surface area (Å²) >= 11 is 0. The molecule has 18 heavy (non-hydrogen) atoms. The third-order valence-electron chi connectivity index (χ3n) is 4.40. The maximum Gasteiger partial charge on any atom is 0.157 e. The molecule has 3 rings (SSSR count). The van der Waals surface area contributed by atoms with Crippen LogP contribution in [0.15, 0.2) is 12.2 Å². The van der Waals surface area contributed by atoms with Crippen LogP contribution in [-0.4, -0.2) is 32.2 Å². The van der Waals surface area contributed by atoms with Crippen LogP contribution in [0.3, 0.4) is 0 Å². The number of fused-ring (bicyclic) bond motifs is 2. The Bertz CT molecular complexity index is 283. The van der Waals surface area contributed by atoms with Gasteiger partial charge in [0, 0.05) is 26.7 Å². The molecule has 2 bridgehead atoms. The van der Waals surface area contributed by atoms with Crippen molar-refractivity contribution < 1.29 is 14.2 Å². The molecule has 0 spiro atoms. The number of methoxy groups -OCH3 is 1. The van der Waals surface area contributed by atoms with E-state index in [-0.39, 0.29) is 11.9 Å². The zero-order chi connectivity index (χ0) is 13.0. The van der Waals surface area contributed by atoms with Crippen LogP contribution >= 0.6 is 0 Å². The van der Waals surface area contributed by atoms with Crippen LogP contribution in [0, 0.1) is 11.8 Å². The molecule has 3 heteroatoms. The Morgan fingerprint density at radius 3 is 2.50 bits per heavy atom. The van der Waals surface area contributed by atoms with Crippen LogP contribution in [-0.2, 0) is 14.2 Å². The molecule has 0 unspecified atom stereocenters. The number of rotatable bonds is 7. The van der Waals surface area contributed by atoms with E-state index in [0.29, 0.717) is 19.1 Å². The van der Waals surface area contributed by atoms with Gasteiger partial charge in [0.15, 0.2) is 6.29 Å². The number of ether oxygens (including phenoxy) is 3. The Balaban J connectivity index is 2.01. The molecule has 3 aliphatic rings. The molecule has 104 valence electrons. The highest BCUT2D eigenvalue weighted by Crippen LogP contribution is 2.47. The largest absolute Gasteiger partial charge is 0.374 e. The van der Waals surface area contributed by atoms with Crippen LogP contribution in [0.25, 0.3) is 0 Å². The number of allylic oxidation sites excluding steroid dienone is 1. The second-order valence-electron chi connectivity index (χ2n) is 5.33. The predicted molar refractivity (Wildman–Crippen MR) is 71.4 cm³/mol. The molecule has 0 aromatic carbocycles. The normalized spacial score (nSPS) is 34.4. The topological polar surface area (TPSA) is 27.7 Å². The average molecular weight is 254 g/mol. The Morgan fingerprint density at radius 2 is 2.00 bits per heavy atom. The quantitative estimate of drug-likeness (QED) is 0.516. The second-order valence-corrected chi connectivity index (χ2v) is 5.33. The predicted octanol–water partition coefficient (Wildman–Crippen LogP) is 3.15. The van der Waals surface area contributed by atoms with Crippen molar-refractivity contribution in [2.45, 2.75) is 51.4 Å². The minimum atomic E-state index is -0.0789. The third-order valence-corrected chi connectivity index (χ3v) is 4.40. The summed E-state index contributed by atoms with van der Waals surface area (Å²) in [6.45, 7) is 5.45. The van der Waals surface area contributed by atoms with E-state index < -0.39 is 0 Å². The molecule has 0 radical (unpaired) electrons. The van der Waals surface area contributed by atoms with Crippen molar-refractivity contribution in [2.24, 2.45) is 11.8 Å². The van der Waals surface area contributed by atoms with Gasteiger partial charge >= 0.3 is 0 Å². The van der Waals surface area contributed by atoms with Crippen molar-refractivity contribution in [2.75, 3.05) is 20.3 Å². The summed E-state index contributed by atoms with van der Waals surface area (Å²) in [6.07, 6.45) is 9.08. The molecule has 0 amide bonds. The minimum absolute atomic E-state index is 0.0683. The summed E-state index contributed by atoms with van der Waals surface area (Å²) in [5, 5.41) is 0. The van der Waals surface area contributed by atoms with Gasteiger partial charge in [-0.15, -0.1) is 0 Å². The minimum Gasteiger partial charge on any atom is -0.374 e. The van der Waals surface area contributed by atoms with E-state index in [1.807, 2.05) is 21.0 Å². The van der Waals surface area contributed by atoms with E-state index in [9.17, 15) is 0 Å². The highest BCUT2D eigenvalue weighted by Gasteiger charge is 2.45. The summed E-state index contributed by atoms with van der Waals surface area (Å²) in [7, 11) is 1.83. The SMILES string of the molecule is CCOC(C[C@@H]1C[C@@H]2C=C[C@@]1(OC)CC2)OCC. The molecular formula is C15H26O3. The highest BCUT2D eigenvalue weighted by molar-refractivity contribution is 5.16. The van der Waals surface area contributed by atoms with Crippen molar-refractivity contribution in [3.63, 3.8) is 0 Å². The maximum atomic E-state index is 5.84. The van der Waals surface area contributed by atoms with Gasteiger partial charge in [0.05, 0.1) is 5.60 Å². The van der Waals surface area contributed by atoms with Gasteiger partial charge in [-0.1, -0.05) is 12.2 Å². The summed E-state index contributed by atoms with van der Waals surface area (Å²) in [5.74, 6) is 1.25. The third kappa shape index (κ3) is 2.79. The molecule has 0 N–H and O–H groups in total. The Kier molecular flexibility index (Phi) is 4.82. The molecule has 0 aromatic rings. The van der Waals surface area contributed by atoms with E-state index in [2.05, 4.69) is 12.2 Å². The van der Waals surface area contributed by atoms with Crippen molar-refractivity contribution in [1.82, 2.24) is 0 Å². The van der Waals surface area contributed by atoms with Crippen LogP contribution < -0.4 is 0 Å². The van der Waals surface area contributed by atoms with Gasteiger partial charge in [0.1, 0.15) is 0 Å². The summed E-state index contributed by atoms with van der Waals surface area (Å²) < 4.78 is 17.2. The average Bonchev–Trinajstić information content (AvgIpc) is 2.41. The van der Waals surface area contributed by atoms with E-state index in [4.69, 9.17) is 14.2 Å². The first-order chi connectivity index (χ1) is 8.74. The fourth-order valence-electron chi connectivity index (χ4n) is 3.41. The molecule has 0 aromatic heterocycles. The molecular weight excluding hydrogens is 228 g/mol. The van der Waals surface area contributed by atoms with Gasteiger partial charge in [-0.25, -0.2) is 0 Å². The smallest absolute Gasteiger partial charge is 0.157 e. The lowest BCUT2D eigenvalue weighted by Gasteiger charge is -2.48. The molecule has 0 saturated heterocycles. The van der Waals surface area contributed by atoms with E-state index >= 15 is 0 Å². The van der Waals surface area contributed by atoms with Crippen molar-refractivity contribution in [3.8, 4) is 0 Å². The van der Waals surface area contributed by atoms with Gasteiger partial charge < -0.3 is 14.2 Å². The van der Waals surface area contributed by atoms with Gasteiger partial charge in [0.25, 0.3) is 0 Å². The van der Waals surface area contributed by atoms with Gasteiger partial charge in [0.2, 0.25) is 0 Å². The fraction of sp³-hybridized carbons (Fsp3) is 0.867. The van der Waals surface area contributed by atoms with Crippen molar-refractivity contribution in [1.29, 1.82) is 0 Å². The zero-order valence-electron chi connectivity index (χ0n) is 11.9. The summed E-state index contributed by atoms with van der Waals surface area (Å²) in [4.78, 5) is 0. The Labute approximate surface area is 110 Å². The lowest BCUT2D eigenvalue weighted by molar-refractivity contribution is -0.167. The summed E-state index contributed by atoms with van der Waals surface area (Å²) in [6, 6.07) is 0. The molecule has 0 heterocycles. The lowest BCUT2D eigenvalue weighted by Crippen LogP contribution is -2.47. The Hall–Kier alpha value is -0.380. The fourth-order valence-corrected chi connectivity index (χ4v) is 3.41. The molecule has 3 nitrogen and oxygen atoms in total. The first-order valence-electron chi connectivity index (χ1n) is 7.21. The first-order valence-corrected chi connectivity index (χ1v) is 7.21. The maximum absolute atomic E-state index is 5.84. The van der Waals surface area contributed by atoms with Gasteiger partial charge in [-0.3, -0.25) is 0 Å². The molecule has 1 saturated carbocycles. The van der Waals surface area contributed by atoms with Gasteiger partial charge in [-0.2, -0.15) is 0 Å². The van der Waals surface area contributed by atoms with Crippen molar-refractivity contribution in [3.05, 3.63) is 12.2 Å². The standard InChI is InChI=1S/C15H26O3/c1-4-17-14(18-5-2)11-13-10-12-6-8-15(13,16-3)9-7-12/h6,8,12-14H,4-5,7,9-11H2,1-3H3/t12-,13+,15-/m1/s1. The van der Waals surface area contributed by atoms with Gasteiger partial charge in [-0.05, 0) is 44.9 Å². The number of hydrogen-bond donors (Lipinski definition) is 0. The van der Waals surface area contributed by atoms with Crippen LogP contribution in [0.1, 0.15) is 39.5 Å². The van der Waals surface area contributed by atoms with Crippen LogP contribution in [0.5, 0.6) is 0 Å². The molecule has 1 fully saturated rings. The second kappa shape index (κ2) is 6.18. The van der Waals surface area contributed by atoms with Crippen LogP contribution in [0.2, 0.25) is 0 Å². The zero-order valence-corrected chi connectivity index (χ0v) is 11.9. The molecule has 3 atom stereocenters. The first kappa shape index (κ1) is 14.0. The van der Waals surface area contributed by atoms with Crippen LogP contribution in [0.4, 0.5) is 0 Å². The monoisotopic (exact) mass is 254 g/mol. The summed E-state index contributed by atoms with van der Waals surface area (Å²) in [5.41, 5.74) is -0.0683. The Morgan fingerprint density at radius 1 is 1.28 bits per heavy atom. The van der Waals surface area contributed by atoms with E-state index in [1.54, 1.807) is 0 Å². The molecule has 0 aliphatic heterocycles. The highest BCUT2D eigenvalue weighted by atomic mass is 16.7. The van der Waals surface area contributed by atoms with E-state index in [1.165, 1.54) is 12.8 Å².